The third kappa shape index (κ3) is 3.46. The number of aliphatic hydroxyl groups excluding tert-OH is 1. The van der Waals surface area contributed by atoms with Gasteiger partial charge in [0.15, 0.2) is 0 Å². The Bertz CT molecular complexity index is 596. The van der Waals surface area contributed by atoms with Crippen LogP contribution < -0.4 is 5.56 Å². The van der Waals surface area contributed by atoms with Gasteiger partial charge in [0.1, 0.15) is 5.56 Å². The molecule has 0 saturated carbocycles. The molecule has 0 bridgehead atoms. The molecule has 1 amide bonds. The summed E-state index contributed by atoms with van der Waals surface area (Å²) in [6, 6.07) is 1.01. The van der Waals surface area contributed by atoms with Crippen LogP contribution in [0.3, 0.4) is 0 Å². The summed E-state index contributed by atoms with van der Waals surface area (Å²) in [5, 5.41) is 19.7. The summed E-state index contributed by atoms with van der Waals surface area (Å²) in [6.45, 7) is 1.04. The van der Waals surface area contributed by atoms with Crippen molar-refractivity contribution < 1.29 is 14.8 Å². The number of nitrogens with zero attached hydrogens (tertiary/aromatic N) is 2. The molecule has 8 heteroatoms. The highest BCUT2D eigenvalue weighted by molar-refractivity contribution is 5.94. The topological polar surface area (TPSA) is 117 Å². The first-order valence-electron chi connectivity index (χ1n) is 6.80. The van der Waals surface area contributed by atoms with Gasteiger partial charge < -0.3 is 15.0 Å². The Morgan fingerprint density at radius 1 is 1.57 bits per heavy atom. The first-order valence-corrected chi connectivity index (χ1v) is 6.80. The van der Waals surface area contributed by atoms with Gasteiger partial charge in [0.2, 0.25) is 0 Å². The van der Waals surface area contributed by atoms with Crippen molar-refractivity contribution in [1.29, 1.82) is 0 Å². The average molecular weight is 295 g/mol. The lowest BCUT2D eigenvalue weighted by Gasteiger charge is -2.32. The molecule has 0 aromatic carbocycles. The van der Waals surface area contributed by atoms with Gasteiger partial charge in [-0.2, -0.15) is 0 Å². The van der Waals surface area contributed by atoms with Crippen molar-refractivity contribution in [1.82, 2.24) is 9.88 Å². The van der Waals surface area contributed by atoms with Gasteiger partial charge in [0.05, 0.1) is 11.1 Å². The van der Waals surface area contributed by atoms with E-state index >= 15 is 0 Å². The minimum absolute atomic E-state index is 0.0596. The number of amides is 1. The molecule has 1 unspecified atom stereocenters. The fraction of sp³-hybridized carbons (Fsp3) is 0.538. The molecule has 2 rings (SSSR count). The zero-order chi connectivity index (χ0) is 15.4. The molecule has 1 aromatic rings. The minimum atomic E-state index is -0.655. The number of H-pyrrole nitrogens is 1. The van der Waals surface area contributed by atoms with Gasteiger partial charge >= 0.3 is 0 Å². The van der Waals surface area contributed by atoms with Crippen LogP contribution in [-0.4, -0.2) is 45.5 Å². The Labute approximate surface area is 120 Å². The number of nitro groups is 1. The fourth-order valence-electron chi connectivity index (χ4n) is 2.57. The molecule has 0 aliphatic carbocycles. The Balaban J connectivity index is 2.21. The second-order valence-electron chi connectivity index (χ2n) is 5.13. The van der Waals surface area contributed by atoms with Crippen LogP contribution in [0.2, 0.25) is 0 Å². The van der Waals surface area contributed by atoms with E-state index in [-0.39, 0.29) is 23.8 Å². The van der Waals surface area contributed by atoms with Crippen molar-refractivity contribution in [3.05, 3.63) is 38.3 Å². The van der Waals surface area contributed by atoms with E-state index in [0.717, 1.165) is 25.1 Å². The van der Waals surface area contributed by atoms with Crippen LogP contribution in [0.15, 0.2) is 17.1 Å². The van der Waals surface area contributed by atoms with Crippen molar-refractivity contribution in [3.63, 3.8) is 0 Å². The van der Waals surface area contributed by atoms with Gasteiger partial charge in [-0.25, -0.2) is 0 Å². The third-order valence-electron chi connectivity index (χ3n) is 3.67. The molecule has 1 saturated heterocycles. The van der Waals surface area contributed by atoms with Crippen molar-refractivity contribution in [3.8, 4) is 0 Å². The predicted octanol–water partition coefficient (Wildman–Crippen LogP) is 0.518. The van der Waals surface area contributed by atoms with Crippen LogP contribution in [0.1, 0.15) is 29.6 Å². The monoisotopic (exact) mass is 295 g/mol. The number of rotatable bonds is 4. The maximum Gasteiger partial charge on any atom is 0.286 e. The van der Waals surface area contributed by atoms with Gasteiger partial charge in [-0.1, -0.05) is 0 Å². The lowest BCUT2D eigenvalue weighted by atomic mass is 9.95. The lowest BCUT2D eigenvalue weighted by Crippen LogP contribution is -2.42. The molecule has 1 fully saturated rings. The maximum absolute atomic E-state index is 12.4. The predicted molar refractivity (Wildman–Crippen MR) is 74.0 cm³/mol. The fourth-order valence-corrected chi connectivity index (χ4v) is 2.57. The Morgan fingerprint density at radius 2 is 2.33 bits per heavy atom. The molecule has 0 radical (unpaired) electrons. The maximum atomic E-state index is 12.4. The average Bonchev–Trinajstić information content (AvgIpc) is 2.47. The minimum Gasteiger partial charge on any atom is -0.396 e. The Morgan fingerprint density at radius 3 is 3.00 bits per heavy atom. The molecule has 1 aliphatic rings. The number of carbonyl (C=O) groups excluding carboxylic acids is 1. The van der Waals surface area contributed by atoms with Crippen LogP contribution in [0.5, 0.6) is 0 Å². The van der Waals surface area contributed by atoms with Crippen LogP contribution in [0.4, 0.5) is 5.69 Å². The van der Waals surface area contributed by atoms with Crippen molar-refractivity contribution in [2.45, 2.75) is 19.3 Å². The summed E-state index contributed by atoms with van der Waals surface area (Å²) in [6.07, 6.45) is 3.30. The molecule has 2 N–H and O–H groups in total. The summed E-state index contributed by atoms with van der Waals surface area (Å²) in [4.78, 5) is 37.9. The number of carbonyl (C=O) groups is 1. The lowest BCUT2D eigenvalue weighted by molar-refractivity contribution is -0.385. The second kappa shape index (κ2) is 6.49. The van der Waals surface area contributed by atoms with Crippen molar-refractivity contribution in [2.75, 3.05) is 19.7 Å². The van der Waals surface area contributed by atoms with Crippen molar-refractivity contribution in [2.24, 2.45) is 5.92 Å². The standard InChI is InChI=1S/C13H17N3O5/c17-5-3-9-2-1-4-15(8-9)13(19)11-6-10(16(20)21)7-14-12(11)18/h6-7,9,17H,1-5,8H2,(H,14,18). The molecular weight excluding hydrogens is 278 g/mol. The van der Waals surface area contributed by atoms with E-state index in [4.69, 9.17) is 5.11 Å². The van der Waals surface area contributed by atoms with E-state index in [1.54, 1.807) is 0 Å². The highest BCUT2D eigenvalue weighted by Crippen LogP contribution is 2.21. The summed E-state index contributed by atoms with van der Waals surface area (Å²) >= 11 is 0. The Hall–Kier alpha value is -2.22. The molecular formula is C13H17N3O5. The normalized spacial score (nSPS) is 18.5. The van der Waals surface area contributed by atoms with Gasteiger partial charge in [-0.15, -0.1) is 0 Å². The molecule has 1 atom stereocenters. The third-order valence-corrected chi connectivity index (χ3v) is 3.67. The smallest absolute Gasteiger partial charge is 0.286 e. The molecule has 1 aromatic heterocycles. The summed E-state index contributed by atoms with van der Waals surface area (Å²) < 4.78 is 0. The highest BCUT2D eigenvalue weighted by Gasteiger charge is 2.26. The van der Waals surface area contributed by atoms with E-state index in [1.807, 2.05) is 0 Å². The second-order valence-corrected chi connectivity index (χ2v) is 5.13. The zero-order valence-corrected chi connectivity index (χ0v) is 11.4. The number of hydrogen-bond acceptors (Lipinski definition) is 5. The number of nitrogens with one attached hydrogen (secondary N) is 1. The van der Waals surface area contributed by atoms with Gasteiger partial charge in [0.25, 0.3) is 17.2 Å². The van der Waals surface area contributed by atoms with Gasteiger partial charge in [0, 0.05) is 25.8 Å². The largest absolute Gasteiger partial charge is 0.396 e. The Kier molecular flexibility index (Phi) is 4.69. The molecule has 1 aliphatic heterocycles. The quantitative estimate of drug-likeness (QED) is 0.620. The van der Waals surface area contributed by atoms with E-state index < -0.39 is 16.4 Å². The molecule has 21 heavy (non-hydrogen) atoms. The summed E-state index contributed by atoms with van der Waals surface area (Å²) in [5.74, 6) is -0.298. The van der Waals surface area contributed by atoms with Gasteiger partial charge in [-0.3, -0.25) is 19.7 Å². The number of aliphatic hydroxyl groups is 1. The van der Waals surface area contributed by atoms with E-state index in [2.05, 4.69) is 4.98 Å². The van der Waals surface area contributed by atoms with Crippen LogP contribution in [0, 0.1) is 16.0 Å². The van der Waals surface area contributed by atoms with Crippen molar-refractivity contribution >= 4 is 11.6 Å². The number of hydrogen-bond donors (Lipinski definition) is 2. The molecule has 114 valence electrons. The van der Waals surface area contributed by atoms with Crippen LogP contribution in [0.25, 0.3) is 0 Å². The number of likely N-dealkylation sites (tertiary alicyclic amines) is 1. The number of piperidine rings is 1. The highest BCUT2D eigenvalue weighted by atomic mass is 16.6. The van der Waals surface area contributed by atoms with E-state index in [9.17, 15) is 19.7 Å². The SMILES string of the molecule is O=C(c1cc([N+](=O)[O-])c[nH]c1=O)N1CCCC(CCO)C1. The van der Waals surface area contributed by atoms with E-state index in [0.29, 0.717) is 19.5 Å². The van der Waals surface area contributed by atoms with Gasteiger partial charge in [-0.05, 0) is 25.2 Å². The first-order chi connectivity index (χ1) is 10.0. The number of aromatic amines is 1. The number of pyridine rings is 1. The molecule has 8 nitrogen and oxygen atoms in total. The molecule has 0 spiro atoms. The first kappa shape index (κ1) is 15.2. The van der Waals surface area contributed by atoms with Crippen LogP contribution >= 0.6 is 0 Å². The van der Waals surface area contributed by atoms with E-state index in [1.165, 1.54) is 4.90 Å². The molecule has 2 heterocycles. The number of aromatic nitrogens is 1. The zero-order valence-electron chi connectivity index (χ0n) is 11.4. The van der Waals surface area contributed by atoms with Crippen LogP contribution in [-0.2, 0) is 0 Å². The summed E-state index contributed by atoms with van der Waals surface area (Å²) in [7, 11) is 0. The summed E-state index contributed by atoms with van der Waals surface area (Å²) in [5.41, 5.74) is -1.16.